The molecular weight excluding hydrogens is 268 g/mol. The van der Waals surface area contributed by atoms with E-state index in [1.807, 2.05) is 0 Å². The molecule has 1 aromatic heterocycles. The molecule has 1 N–H and O–H groups in total. The molecule has 0 spiro atoms. The second-order valence-corrected chi connectivity index (χ2v) is 4.53. The van der Waals surface area contributed by atoms with Crippen molar-refractivity contribution in [3.63, 3.8) is 0 Å². The Morgan fingerprint density at radius 1 is 1.05 bits per heavy atom. The van der Waals surface area contributed by atoms with Gasteiger partial charge in [-0.3, -0.25) is 14.6 Å². The van der Waals surface area contributed by atoms with Gasteiger partial charge >= 0.3 is 0 Å². The summed E-state index contributed by atoms with van der Waals surface area (Å²) in [6, 6.07) is 8.64. The molecule has 1 aliphatic rings. The third kappa shape index (κ3) is 2.41. The molecule has 0 radical (unpaired) electrons. The number of allylic oxidation sites excluding steroid dienone is 2. The molecule has 0 saturated heterocycles. The topological polar surface area (TPSA) is 68.3 Å². The fourth-order valence-corrected chi connectivity index (χ4v) is 2.13. The number of benzene rings is 1. The van der Waals surface area contributed by atoms with Crippen LogP contribution in [0.3, 0.4) is 0 Å². The number of carbonyl (C=O) groups excluding carboxylic acids is 2. The zero-order valence-corrected chi connectivity index (χ0v) is 11.3. The highest BCUT2D eigenvalue weighted by molar-refractivity contribution is 6.25. The molecule has 5 heteroatoms. The van der Waals surface area contributed by atoms with Gasteiger partial charge in [0.1, 0.15) is 5.75 Å². The van der Waals surface area contributed by atoms with Crippen LogP contribution in [0.25, 0.3) is 0 Å². The summed E-state index contributed by atoms with van der Waals surface area (Å²) in [4.78, 5) is 28.3. The maximum atomic E-state index is 12.3. The summed E-state index contributed by atoms with van der Waals surface area (Å²) in [6.07, 6.45) is 4.23. The van der Waals surface area contributed by atoms with Crippen molar-refractivity contribution in [1.29, 1.82) is 0 Å². The van der Waals surface area contributed by atoms with E-state index in [0.29, 0.717) is 16.8 Å². The molecule has 2 aromatic rings. The number of Topliss-reactive ketones (excluding diaryl/α,β-unsaturated/α-hetero) is 1. The molecule has 104 valence electrons. The molecule has 0 amide bonds. The highest BCUT2D eigenvalue weighted by atomic mass is 16.5. The van der Waals surface area contributed by atoms with Crippen LogP contribution in [0.1, 0.15) is 20.7 Å². The van der Waals surface area contributed by atoms with Crippen molar-refractivity contribution in [3.05, 3.63) is 65.6 Å². The second-order valence-electron chi connectivity index (χ2n) is 4.53. The number of nitrogens with zero attached hydrogens (tertiary/aromatic N) is 1. The van der Waals surface area contributed by atoms with Gasteiger partial charge in [-0.2, -0.15) is 0 Å². The van der Waals surface area contributed by atoms with Gasteiger partial charge in [-0.05, 0) is 30.3 Å². The fraction of sp³-hybridized carbons (Fsp3) is 0.0625. The average molecular weight is 280 g/mol. The first-order valence-electron chi connectivity index (χ1n) is 6.35. The van der Waals surface area contributed by atoms with Gasteiger partial charge < -0.3 is 10.1 Å². The van der Waals surface area contributed by atoms with Gasteiger partial charge in [0.05, 0.1) is 18.4 Å². The third-order valence-corrected chi connectivity index (χ3v) is 3.22. The van der Waals surface area contributed by atoms with Crippen LogP contribution in [0.15, 0.2) is 54.5 Å². The van der Waals surface area contributed by atoms with Crippen LogP contribution >= 0.6 is 0 Å². The van der Waals surface area contributed by atoms with E-state index in [1.54, 1.807) is 37.4 Å². The van der Waals surface area contributed by atoms with Crippen molar-refractivity contribution in [2.45, 2.75) is 0 Å². The molecule has 5 nitrogen and oxygen atoms in total. The first-order valence-corrected chi connectivity index (χ1v) is 6.35. The summed E-state index contributed by atoms with van der Waals surface area (Å²) in [6.45, 7) is 0. The summed E-state index contributed by atoms with van der Waals surface area (Å²) in [5.41, 5.74) is 1.65. The van der Waals surface area contributed by atoms with E-state index in [0.717, 1.165) is 5.75 Å². The number of fused-ring (bicyclic) bond motifs is 1. The third-order valence-electron chi connectivity index (χ3n) is 3.22. The standard InChI is InChI=1S/C16H12N2O3/c1-21-11-4-2-10(3-5-11)18-14-8-15(19)12-6-7-17-9-13(12)16(14)20/h2-9,18H,1H3. The number of ketones is 2. The maximum absolute atomic E-state index is 12.3. The normalized spacial score (nSPS) is 13.5. The summed E-state index contributed by atoms with van der Waals surface area (Å²) in [5.74, 6) is 0.270. The molecular formula is C16H12N2O3. The number of methoxy groups -OCH3 is 1. The number of nitrogens with one attached hydrogen (secondary N) is 1. The molecule has 1 aliphatic carbocycles. The number of rotatable bonds is 3. The number of anilines is 1. The minimum Gasteiger partial charge on any atom is -0.497 e. The Kier molecular flexibility index (Phi) is 3.23. The van der Waals surface area contributed by atoms with E-state index in [2.05, 4.69) is 10.3 Å². The molecule has 0 unspecified atom stereocenters. The van der Waals surface area contributed by atoms with Gasteiger partial charge in [-0.1, -0.05) is 0 Å². The Balaban J connectivity index is 1.89. The summed E-state index contributed by atoms with van der Waals surface area (Å²) in [5, 5.41) is 2.96. The SMILES string of the molecule is COc1ccc(NC2=CC(=O)c3ccncc3C2=O)cc1. The van der Waals surface area contributed by atoms with Crippen LogP contribution in [-0.2, 0) is 0 Å². The van der Waals surface area contributed by atoms with Gasteiger partial charge in [0.25, 0.3) is 0 Å². The number of pyridine rings is 1. The first-order chi connectivity index (χ1) is 10.2. The molecule has 21 heavy (non-hydrogen) atoms. The van der Waals surface area contributed by atoms with Crippen molar-refractivity contribution in [2.75, 3.05) is 12.4 Å². The zero-order valence-electron chi connectivity index (χ0n) is 11.3. The molecule has 0 aliphatic heterocycles. The van der Waals surface area contributed by atoms with Gasteiger partial charge in [0.15, 0.2) is 5.78 Å². The predicted octanol–water partition coefficient (Wildman–Crippen LogP) is 2.47. The molecule has 3 rings (SSSR count). The lowest BCUT2D eigenvalue weighted by molar-refractivity contribution is 0.0985. The van der Waals surface area contributed by atoms with Crippen LogP contribution < -0.4 is 10.1 Å². The van der Waals surface area contributed by atoms with E-state index >= 15 is 0 Å². The Morgan fingerprint density at radius 2 is 1.81 bits per heavy atom. The number of carbonyl (C=O) groups is 2. The van der Waals surface area contributed by atoms with Gasteiger partial charge in [0.2, 0.25) is 5.78 Å². The Hall–Kier alpha value is -2.95. The molecule has 0 saturated carbocycles. The summed E-state index contributed by atoms with van der Waals surface area (Å²) < 4.78 is 5.07. The quantitative estimate of drug-likeness (QED) is 0.935. The molecule has 0 fully saturated rings. The molecule has 0 bridgehead atoms. The van der Waals surface area contributed by atoms with E-state index in [1.165, 1.54) is 18.5 Å². The van der Waals surface area contributed by atoms with Crippen molar-refractivity contribution < 1.29 is 14.3 Å². The van der Waals surface area contributed by atoms with Crippen molar-refractivity contribution in [2.24, 2.45) is 0 Å². The first kappa shape index (κ1) is 13.1. The second kappa shape index (κ2) is 5.20. The van der Waals surface area contributed by atoms with E-state index in [9.17, 15) is 9.59 Å². The lowest BCUT2D eigenvalue weighted by atomic mass is 9.94. The monoisotopic (exact) mass is 280 g/mol. The average Bonchev–Trinajstić information content (AvgIpc) is 2.53. The molecule has 1 aromatic carbocycles. The van der Waals surface area contributed by atoms with Crippen LogP contribution in [0.5, 0.6) is 5.75 Å². The van der Waals surface area contributed by atoms with Gasteiger partial charge in [-0.15, -0.1) is 0 Å². The number of hydrogen-bond donors (Lipinski definition) is 1. The lowest BCUT2D eigenvalue weighted by Gasteiger charge is -2.16. The van der Waals surface area contributed by atoms with Crippen LogP contribution in [-0.4, -0.2) is 23.7 Å². The van der Waals surface area contributed by atoms with Gasteiger partial charge in [-0.25, -0.2) is 0 Å². The Morgan fingerprint density at radius 3 is 2.52 bits per heavy atom. The number of hydrogen-bond acceptors (Lipinski definition) is 5. The Bertz CT molecular complexity index is 748. The molecule has 0 atom stereocenters. The number of aromatic nitrogens is 1. The van der Waals surface area contributed by atoms with Crippen LogP contribution in [0.4, 0.5) is 5.69 Å². The minimum absolute atomic E-state index is 0.206. The van der Waals surface area contributed by atoms with Crippen molar-refractivity contribution in [1.82, 2.24) is 4.98 Å². The highest BCUT2D eigenvalue weighted by Gasteiger charge is 2.25. The molecule has 1 heterocycles. The number of ether oxygens (including phenoxy) is 1. The largest absolute Gasteiger partial charge is 0.497 e. The van der Waals surface area contributed by atoms with Gasteiger partial charge in [0, 0.05) is 29.7 Å². The fourth-order valence-electron chi connectivity index (χ4n) is 2.13. The van der Waals surface area contributed by atoms with E-state index < -0.39 is 0 Å². The highest BCUT2D eigenvalue weighted by Crippen LogP contribution is 2.23. The zero-order chi connectivity index (χ0) is 14.8. The van der Waals surface area contributed by atoms with E-state index in [4.69, 9.17) is 4.74 Å². The maximum Gasteiger partial charge on any atom is 0.211 e. The van der Waals surface area contributed by atoms with E-state index in [-0.39, 0.29) is 17.3 Å². The lowest BCUT2D eigenvalue weighted by Crippen LogP contribution is -2.21. The Labute approximate surface area is 121 Å². The van der Waals surface area contributed by atoms with Crippen molar-refractivity contribution >= 4 is 17.3 Å². The van der Waals surface area contributed by atoms with Crippen LogP contribution in [0.2, 0.25) is 0 Å². The van der Waals surface area contributed by atoms with Crippen LogP contribution in [0, 0.1) is 0 Å². The van der Waals surface area contributed by atoms with Crippen molar-refractivity contribution in [3.8, 4) is 5.75 Å². The summed E-state index contributed by atoms with van der Waals surface area (Å²) >= 11 is 0. The smallest absolute Gasteiger partial charge is 0.211 e. The minimum atomic E-state index is -0.242. The predicted molar refractivity (Wildman–Crippen MR) is 77.6 cm³/mol. The summed E-state index contributed by atoms with van der Waals surface area (Å²) in [7, 11) is 1.58.